The fourth-order valence-electron chi connectivity index (χ4n) is 2.31. The molecular formula is C18H19ClN4O2. The van der Waals surface area contributed by atoms with Gasteiger partial charge in [0.05, 0.1) is 10.6 Å². The second-order valence-electron chi connectivity index (χ2n) is 5.93. The summed E-state index contributed by atoms with van der Waals surface area (Å²) in [7, 11) is 0. The molecule has 2 aromatic rings. The number of nitrogens with zero attached hydrogens (tertiary/aromatic N) is 1. The van der Waals surface area contributed by atoms with Crippen molar-refractivity contribution in [2.45, 2.75) is 25.3 Å². The van der Waals surface area contributed by atoms with Crippen LogP contribution < -0.4 is 16.0 Å². The lowest BCUT2D eigenvalue weighted by Gasteiger charge is -2.10. The molecule has 1 aliphatic rings. The average molecular weight is 359 g/mol. The number of aromatic nitrogens is 1. The Bertz CT molecular complexity index is 763. The number of pyridine rings is 1. The normalized spacial score (nSPS) is 13.2. The summed E-state index contributed by atoms with van der Waals surface area (Å²) in [6.45, 7) is 0.486. The van der Waals surface area contributed by atoms with E-state index in [0.717, 1.165) is 18.4 Å². The van der Waals surface area contributed by atoms with E-state index in [4.69, 9.17) is 11.6 Å². The summed E-state index contributed by atoms with van der Waals surface area (Å²) in [5.41, 5.74) is 1.93. The number of nitrogens with one attached hydrogen (secondary N) is 3. The van der Waals surface area contributed by atoms with Gasteiger partial charge in [-0.05, 0) is 49.1 Å². The molecule has 0 saturated heterocycles. The first-order chi connectivity index (χ1) is 12.1. The Balaban J connectivity index is 1.52. The summed E-state index contributed by atoms with van der Waals surface area (Å²) in [4.78, 5) is 28.2. The van der Waals surface area contributed by atoms with Gasteiger partial charge in [0.1, 0.15) is 0 Å². The van der Waals surface area contributed by atoms with Gasteiger partial charge < -0.3 is 16.0 Å². The molecule has 1 aromatic heterocycles. The van der Waals surface area contributed by atoms with E-state index in [1.54, 1.807) is 30.6 Å². The summed E-state index contributed by atoms with van der Waals surface area (Å²) >= 11 is 6.09. The molecule has 25 heavy (non-hydrogen) atoms. The van der Waals surface area contributed by atoms with Crippen LogP contribution in [0.4, 0.5) is 10.5 Å². The van der Waals surface area contributed by atoms with E-state index in [0.29, 0.717) is 29.2 Å². The molecule has 1 saturated carbocycles. The third-order valence-electron chi connectivity index (χ3n) is 3.80. The molecule has 130 valence electrons. The maximum atomic E-state index is 12.2. The molecule has 3 amide bonds. The molecule has 1 aromatic carbocycles. The van der Waals surface area contributed by atoms with E-state index >= 15 is 0 Å². The minimum Gasteiger partial charge on any atom is -0.349 e. The minimum atomic E-state index is -0.334. The summed E-state index contributed by atoms with van der Waals surface area (Å²) in [5, 5.41) is 8.74. The highest BCUT2D eigenvalue weighted by Gasteiger charge is 2.24. The van der Waals surface area contributed by atoms with Crippen molar-refractivity contribution in [3.05, 3.63) is 58.9 Å². The maximum absolute atomic E-state index is 12.2. The van der Waals surface area contributed by atoms with Crippen LogP contribution in [0.1, 0.15) is 28.8 Å². The largest absolute Gasteiger partial charge is 0.349 e. The molecular weight excluding hydrogens is 340 g/mol. The van der Waals surface area contributed by atoms with Crippen LogP contribution in [0.5, 0.6) is 0 Å². The van der Waals surface area contributed by atoms with Crippen LogP contribution in [0.15, 0.2) is 42.7 Å². The number of halogens is 1. The monoisotopic (exact) mass is 358 g/mol. The van der Waals surface area contributed by atoms with Crippen molar-refractivity contribution in [2.75, 3.05) is 11.9 Å². The van der Waals surface area contributed by atoms with Crippen molar-refractivity contribution in [3.8, 4) is 0 Å². The molecule has 0 radical (unpaired) electrons. The van der Waals surface area contributed by atoms with Gasteiger partial charge in [-0.15, -0.1) is 0 Å². The highest BCUT2D eigenvalue weighted by molar-refractivity contribution is 6.34. The van der Waals surface area contributed by atoms with Gasteiger partial charge in [0.15, 0.2) is 0 Å². The second-order valence-corrected chi connectivity index (χ2v) is 6.34. The topological polar surface area (TPSA) is 83.1 Å². The number of hydrogen-bond acceptors (Lipinski definition) is 3. The minimum absolute atomic E-state index is 0.215. The van der Waals surface area contributed by atoms with Crippen molar-refractivity contribution in [1.29, 1.82) is 0 Å². The van der Waals surface area contributed by atoms with Crippen molar-refractivity contribution >= 4 is 29.2 Å². The molecule has 6 nitrogen and oxygen atoms in total. The zero-order valence-corrected chi connectivity index (χ0v) is 14.3. The van der Waals surface area contributed by atoms with E-state index in [1.165, 1.54) is 0 Å². The first kappa shape index (κ1) is 17.2. The Morgan fingerprint density at radius 2 is 2.08 bits per heavy atom. The van der Waals surface area contributed by atoms with Gasteiger partial charge in [0.2, 0.25) is 0 Å². The summed E-state index contributed by atoms with van der Waals surface area (Å²) in [6.07, 6.45) is 6.17. The molecule has 0 atom stereocenters. The quantitative estimate of drug-likeness (QED) is 0.742. The lowest BCUT2D eigenvalue weighted by molar-refractivity contribution is 0.0951. The van der Waals surface area contributed by atoms with Crippen LogP contribution in [0.2, 0.25) is 5.02 Å². The third-order valence-corrected chi connectivity index (χ3v) is 4.13. The molecule has 0 aliphatic heterocycles. The average Bonchev–Trinajstić information content (AvgIpc) is 3.41. The summed E-state index contributed by atoms with van der Waals surface area (Å²) in [6, 6.07) is 8.58. The number of amides is 3. The van der Waals surface area contributed by atoms with Crippen LogP contribution >= 0.6 is 11.6 Å². The number of carbonyl (C=O) groups is 2. The number of anilines is 1. The fraction of sp³-hybridized carbons (Fsp3) is 0.278. The second kappa shape index (κ2) is 7.98. The van der Waals surface area contributed by atoms with Crippen molar-refractivity contribution in [1.82, 2.24) is 15.6 Å². The smallest absolute Gasteiger partial charge is 0.319 e. The van der Waals surface area contributed by atoms with Crippen LogP contribution in [-0.4, -0.2) is 29.5 Å². The Kier molecular flexibility index (Phi) is 5.50. The summed E-state index contributed by atoms with van der Waals surface area (Å²) < 4.78 is 0. The molecule has 1 aliphatic carbocycles. The van der Waals surface area contributed by atoms with Crippen molar-refractivity contribution in [2.24, 2.45) is 0 Å². The lowest BCUT2D eigenvalue weighted by Crippen LogP contribution is -2.30. The van der Waals surface area contributed by atoms with Crippen LogP contribution in [0.25, 0.3) is 0 Å². The number of carbonyl (C=O) groups excluding carboxylic acids is 2. The SMILES string of the molecule is O=C(NCCc1cccnc1)Nc1ccc(Cl)c(C(=O)NC2CC2)c1. The van der Waals surface area contributed by atoms with E-state index in [-0.39, 0.29) is 18.0 Å². The Morgan fingerprint density at radius 1 is 1.24 bits per heavy atom. The van der Waals surface area contributed by atoms with Crippen molar-refractivity contribution in [3.63, 3.8) is 0 Å². The maximum Gasteiger partial charge on any atom is 0.319 e. The highest BCUT2D eigenvalue weighted by Crippen LogP contribution is 2.23. The lowest BCUT2D eigenvalue weighted by atomic mass is 10.2. The highest BCUT2D eigenvalue weighted by atomic mass is 35.5. The van der Waals surface area contributed by atoms with Gasteiger partial charge in [0.25, 0.3) is 5.91 Å². The summed E-state index contributed by atoms with van der Waals surface area (Å²) in [5.74, 6) is -0.215. The molecule has 3 N–H and O–H groups in total. The van der Waals surface area contributed by atoms with Gasteiger partial charge in [-0.1, -0.05) is 17.7 Å². The third kappa shape index (κ3) is 5.19. The van der Waals surface area contributed by atoms with E-state index in [9.17, 15) is 9.59 Å². The molecule has 0 unspecified atom stereocenters. The first-order valence-corrected chi connectivity index (χ1v) is 8.54. The predicted molar refractivity (Wildman–Crippen MR) is 96.9 cm³/mol. The number of rotatable bonds is 6. The van der Waals surface area contributed by atoms with E-state index in [2.05, 4.69) is 20.9 Å². The first-order valence-electron chi connectivity index (χ1n) is 8.16. The van der Waals surface area contributed by atoms with Crippen molar-refractivity contribution < 1.29 is 9.59 Å². The molecule has 0 bridgehead atoms. The Hall–Kier alpha value is -2.60. The van der Waals surface area contributed by atoms with Crippen LogP contribution in [0.3, 0.4) is 0 Å². The zero-order valence-electron chi connectivity index (χ0n) is 13.6. The molecule has 1 fully saturated rings. The van der Waals surface area contributed by atoms with Gasteiger partial charge >= 0.3 is 6.03 Å². The van der Waals surface area contributed by atoms with Gasteiger partial charge in [-0.25, -0.2) is 4.79 Å². The molecule has 7 heteroatoms. The molecule has 3 rings (SSSR count). The predicted octanol–water partition coefficient (Wildman–Crippen LogP) is 2.99. The number of benzene rings is 1. The fourth-order valence-corrected chi connectivity index (χ4v) is 2.51. The standard InChI is InChI=1S/C18H19ClN4O2/c19-16-6-5-14(10-15(16)17(24)22-13-3-4-13)23-18(25)21-9-7-12-2-1-8-20-11-12/h1-2,5-6,8,10-11,13H,3-4,7,9H2,(H,22,24)(H2,21,23,25). The van der Waals surface area contributed by atoms with Gasteiger partial charge in [0, 0.05) is 30.7 Å². The molecule has 1 heterocycles. The number of hydrogen-bond donors (Lipinski definition) is 3. The van der Waals surface area contributed by atoms with E-state index < -0.39 is 0 Å². The Labute approximate surface area is 151 Å². The van der Waals surface area contributed by atoms with Crippen LogP contribution in [0, 0.1) is 0 Å². The van der Waals surface area contributed by atoms with E-state index in [1.807, 2.05) is 12.1 Å². The Morgan fingerprint density at radius 3 is 2.80 bits per heavy atom. The van der Waals surface area contributed by atoms with Gasteiger partial charge in [-0.3, -0.25) is 9.78 Å². The zero-order chi connectivity index (χ0) is 17.6. The van der Waals surface area contributed by atoms with Gasteiger partial charge in [-0.2, -0.15) is 0 Å². The van der Waals surface area contributed by atoms with Crippen LogP contribution in [-0.2, 0) is 6.42 Å². The molecule has 0 spiro atoms. The number of urea groups is 1.